The molecule has 3 rings (SSSR count). The Balaban J connectivity index is 1.83. The van der Waals surface area contributed by atoms with Crippen LogP contribution < -0.4 is 5.32 Å². The van der Waals surface area contributed by atoms with Crippen molar-refractivity contribution in [2.45, 2.75) is 51.5 Å². The van der Waals surface area contributed by atoms with E-state index in [0.717, 1.165) is 5.56 Å². The summed E-state index contributed by atoms with van der Waals surface area (Å²) in [4.78, 5) is 13.2. The summed E-state index contributed by atoms with van der Waals surface area (Å²) in [5, 5.41) is 3.42. The van der Waals surface area contributed by atoms with E-state index >= 15 is 0 Å². The first-order valence-electron chi connectivity index (χ1n) is 9.57. The Kier molecular flexibility index (Phi) is 5.91. The number of rotatable bonds is 6. The predicted molar refractivity (Wildman–Crippen MR) is 103 cm³/mol. The molecule has 2 aromatic rings. The van der Waals surface area contributed by atoms with Crippen molar-refractivity contribution in [1.29, 1.82) is 0 Å². The van der Waals surface area contributed by atoms with Gasteiger partial charge in [0.15, 0.2) is 0 Å². The molecule has 132 valence electrons. The first-order chi connectivity index (χ1) is 12.2. The van der Waals surface area contributed by atoms with Gasteiger partial charge in [-0.2, -0.15) is 0 Å². The second-order valence-electron chi connectivity index (χ2n) is 7.57. The van der Waals surface area contributed by atoms with Gasteiger partial charge in [0.25, 0.3) is 0 Å². The van der Waals surface area contributed by atoms with Crippen LogP contribution >= 0.6 is 0 Å². The third-order valence-electron chi connectivity index (χ3n) is 5.44. The van der Waals surface area contributed by atoms with Crippen LogP contribution in [0.1, 0.15) is 62.6 Å². The molecule has 0 saturated heterocycles. The van der Waals surface area contributed by atoms with E-state index in [2.05, 4.69) is 55.6 Å². The monoisotopic (exact) mass is 335 g/mol. The van der Waals surface area contributed by atoms with Gasteiger partial charge in [-0.1, -0.05) is 87.4 Å². The zero-order chi connectivity index (χ0) is 17.6. The number of carbonyl (C=O) groups is 1. The molecule has 0 spiro atoms. The Morgan fingerprint density at radius 1 is 0.880 bits per heavy atom. The average molecular weight is 335 g/mol. The zero-order valence-corrected chi connectivity index (χ0v) is 15.3. The van der Waals surface area contributed by atoms with E-state index in [0.29, 0.717) is 5.92 Å². The molecule has 1 aliphatic carbocycles. The summed E-state index contributed by atoms with van der Waals surface area (Å²) in [6, 6.07) is 20.8. The number of nitrogens with one attached hydrogen (secondary N) is 1. The lowest BCUT2D eigenvalue weighted by Crippen LogP contribution is -2.37. The second-order valence-corrected chi connectivity index (χ2v) is 7.57. The lowest BCUT2D eigenvalue weighted by molar-refractivity contribution is -0.124. The van der Waals surface area contributed by atoms with Gasteiger partial charge < -0.3 is 5.32 Å². The predicted octanol–water partition coefficient (Wildman–Crippen LogP) is 5.47. The van der Waals surface area contributed by atoms with Crippen LogP contribution in [0.3, 0.4) is 0 Å². The van der Waals surface area contributed by atoms with Crippen molar-refractivity contribution in [3.8, 4) is 0 Å². The number of hydrogen-bond acceptors (Lipinski definition) is 1. The van der Waals surface area contributed by atoms with Crippen LogP contribution in [-0.4, -0.2) is 5.91 Å². The van der Waals surface area contributed by atoms with Crippen LogP contribution in [0.5, 0.6) is 0 Å². The molecule has 0 bridgehead atoms. The first kappa shape index (κ1) is 17.7. The fourth-order valence-corrected chi connectivity index (χ4v) is 4.17. The highest BCUT2D eigenvalue weighted by atomic mass is 16.2. The van der Waals surface area contributed by atoms with Gasteiger partial charge in [0.05, 0.1) is 12.0 Å². The van der Waals surface area contributed by atoms with Crippen molar-refractivity contribution in [1.82, 2.24) is 5.32 Å². The van der Waals surface area contributed by atoms with Gasteiger partial charge >= 0.3 is 0 Å². The molecule has 1 aliphatic rings. The normalized spacial score (nSPS) is 17.4. The number of amides is 1. The molecule has 1 fully saturated rings. The summed E-state index contributed by atoms with van der Waals surface area (Å²) >= 11 is 0. The summed E-state index contributed by atoms with van der Waals surface area (Å²) in [6.07, 6.45) is 4.96. The highest BCUT2D eigenvalue weighted by Crippen LogP contribution is 2.36. The molecular weight excluding hydrogens is 306 g/mol. The lowest BCUT2D eigenvalue weighted by atomic mass is 9.86. The molecule has 25 heavy (non-hydrogen) atoms. The van der Waals surface area contributed by atoms with Crippen LogP contribution in [0, 0.1) is 11.8 Å². The minimum absolute atomic E-state index is 0.103. The van der Waals surface area contributed by atoms with Gasteiger partial charge in [-0.05, 0) is 35.8 Å². The molecular formula is C23H29NO. The quantitative estimate of drug-likeness (QED) is 0.744. The molecule has 0 unspecified atom stereocenters. The summed E-state index contributed by atoms with van der Waals surface area (Å²) in [7, 11) is 0. The highest BCUT2D eigenvalue weighted by molar-refractivity contribution is 5.84. The third kappa shape index (κ3) is 4.31. The van der Waals surface area contributed by atoms with Gasteiger partial charge in [-0.15, -0.1) is 0 Å². The Morgan fingerprint density at radius 2 is 1.40 bits per heavy atom. The van der Waals surface area contributed by atoms with Crippen LogP contribution in [0.2, 0.25) is 0 Å². The molecule has 1 N–H and O–H groups in total. The second kappa shape index (κ2) is 8.33. The Labute approximate surface area is 151 Å². The van der Waals surface area contributed by atoms with Crippen LogP contribution in [0.25, 0.3) is 0 Å². The van der Waals surface area contributed by atoms with E-state index in [4.69, 9.17) is 0 Å². The van der Waals surface area contributed by atoms with Crippen LogP contribution in [0.15, 0.2) is 60.7 Å². The topological polar surface area (TPSA) is 29.1 Å². The summed E-state index contributed by atoms with van der Waals surface area (Å²) in [5.41, 5.74) is 2.34. The van der Waals surface area contributed by atoms with Crippen LogP contribution in [-0.2, 0) is 4.79 Å². The van der Waals surface area contributed by atoms with E-state index in [-0.39, 0.29) is 23.8 Å². The maximum absolute atomic E-state index is 13.2. The van der Waals surface area contributed by atoms with Crippen molar-refractivity contribution >= 4 is 5.91 Å². The fraction of sp³-hybridized carbons (Fsp3) is 0.435. The van der Waals surface area contributed by atoms with E-state index < -0.39 is 0 Å². The molecule has 2 atom stereocenters. The molecule has 2 aromatic carbocycles. The molecule has 0 heterocycles. The van der Waals surface area contributed by atoms with Gasteiger partial charge in [-0.3, -0.25) is 4.79 Å². The molecule has 0 aromatic heterocycles. The van der Waals surface area contributed by atoms with Gasteiger partial charge in [0.1, 0.15) is 0 Å². The molecule has 1 saturated carbocycles. The Morgan fingerprint density at radius 3 is 1.92 bits per heavy atom. The number of carbonyl (C=O) groups excluding carboxylic acids is 1. The Hall–Kier alpha value is -2.09. The van der Waals surface area contributed by atoms with E-state index in [1.165, 1.54) is 31.2 Å². The van der Waals surface area contributed by atoms with E-state index in [1.54, 1.807) is 0 Å². The van der Waals surface area contributed by atoms with Gasteiger partial charge in [-0.25, -0.2) is 0 Å². The molecule has 1 amide bonds. The molecule has 2 nitrogen and oxygen atoms in total. The lowest BCUT2D eigenvalue weighted by Gasteiger charge is -2.29. The molecule has 0 aliphatic heterocycles. The highest BCUT2D eigenvalue weighted by Gasteiger charge is 2.31. The third-order valence-corrected chi connectivity index (χ3v) is 5.44. The van der Waals surface area contributed by atoms with Crippen molar-refractivity contribution < 1.29 is 4.79 Å². The van der Waals surface area contributed by atoms with Crippen molar-refractivity contribution in [2.75, 3.05) is 0 Å². The van der Waals surface area contributed by atoms with Gasteiger partial charge in [0.2, 0.25) is 5.91 Å². The molecule has 2 heteroatoms. The van der Waals surface area contributed by atoms with Crippen LogP contribution in [0.4, 0.5) is 0 Å². The van der Waals surface area contributed by atoms with Crippen molar-refractivity contribution in [3.63, 3.8) is 0 Å². The van der Waals surface area contributed by atoms with E-state index in [1.807, 2.05) is 24.3 Å². The zero-order valence-electron chi connectivity index (χ0n) is 15.3. The minimum Gasteiger partial charge on any atom is -0.348 e. The number of benzene rings is 2. The molecule has 0 radical (unpaired) electrons. The minimum atomic E-state index is -0.103. The first-order valence-corrected chi connectivity index (χ1v) is 9.57. The van der Waals surface area contributed by atoms with Gasteiger partial charge in [0, 0.05) is 0 Å². The van der Waals surface area contributed by atoms with E-state index in [9.17, 15) is 4.79 Å². The summed E-state index contributed by atoms with van der Waals surface area (Å²) < 4.78 is 0. The SMILES string of the molecule is CC(C)[C@H](C(=O)N[C@H](c1ccccc1)C1CCCC1)c1ccccc1. The summed E-state index contributed by atoms with van der Waals surface area (Å²) in [6.45, 7) is 4.26. The smallest absolute Gasteiger partial charge is 0.228 e. The van der Waals surface area contributed by atoms with Crippen molar-refractivity contribution in [3.05, 3.63) is 71.8 Å². The summed E-state index contributed by atoms with van der Waals surface area (Å²) in [5.74, 6) is 0.869. The fourth-order valence-electron chi connectivity index (χ4n) is 4.17. The number of hydrogen-bond donors (Lipinski definition) is 1. The maximum Gasteiger partial charge on any atom is 0.228 e. The van der Waals surface area contributed by atoms with Crippen molar-refractivity contribution in [2.24, 2.45) is 11.8 Å². The Bertz CT molecular complexity index is 659. The standard InChI is InChI=1S/C23H29NO/c1-17(2)21(18-11-5-3-6-12-18)23(25)24-22(20-15-9-10-16-20)19-13-7-4-8-14-19/h3-8,11-14,17,20-22H,9-10,15-16H2,1-2H3,(H,24,25)/t21-,22+/m0/s1. The largest absolute Gasteiger partial charge is 0.348 e. The average Bonchev–Trinajstić information content (AvgIpc) is 3.15. The maximum atomic E-state index is 13.2.